The van der Waals surface area contributed by atoms with E-state index in [-0.39, 0.29) is 12.1 Å². The van der Waals surface area contributed by atoms with Crippen molar-refractivity contribution in [1.82, 2.24) is 0 Å². The summed E-state index contributed by atoms with van der Waals surface area (Å²) in [5, 5.41) is 0. The van der Waals surface area contributed by atoms with E-state index in [2.05, 4.69) is 31.2 Å². The van der Waals surface area contributed by atoms with Gasteiger partial charge >= 0.3 is 5.97 Å². The van der Waals surface area contributed by atoms with Crippen molar-refractivity contribution in [1.29, 1.82) is 0 Å². The fraction of sp³-hybridized carbons (Fsp3) is 0.458. The number of rotatable bonds is 11. The van der Waals surface area contributed by atoms with Gasteiger partial charge in [-0.1, -0.05) is 69.0 Å². The van der Waals surface area contributed by atoms with Crippen LogP contribution in [0.15, 0.2) is 48.5 Å². The van der Waals surface area contributed by atoms with Gasteiger partial charge in [0.2, 0.25) is 0 Å². The van der Waals surface area contributed by atoms with E-state index in [9.17, 15) is 4.79 Å². The van der Waals surface area contributed by atoms with Crippen molar-refractivity contribution in [3.63, 3.8) is 0 Å². The number of aryl methyl sites for hydroxylation is 1. The molecule has 27 heavy (non-hydrogen) atoms. The highest BCUT2D eigenvalue weighted by molar-refractivity contribution is 5.90. The number of benzene rings is 2. The molecule has 3 heteroatoms. The third-order valence-corrected chi connectivity index (χ3v) is 4.69. The fourth-order valence-electron chi connectivity index (χ4n) is 3.11. The molecular weight excluding hydrogens is 336 g/mol. The zero-order chi connectivity index (χ0) is 19.5. The van der Waals surface area contributed by atoms with E-state index in [4.69, 9.17) is 9.47 Å². The number of ether oxygens (including phenoxy) is 2. The van der Waals surface area contributed by atoms with E-state index in [1.54, 1.807) is 7.11 Å². The van der Waals surface area contributed by atoms with Crippen LogP contribution in [0.3, 0.4) is 0 Å². The van der Waals surface area contributed by atoms with Crippen LogP contribution in [0, 0.1) is 0 Å². The van der Waals surface area contributed by atoms with Gasteiger partial charge in [-0.25, -0.2) is 4.79 Å². The molecule has 0 aromatic heterocycles. The molecule has 1 atom stereocenters. The summed E-state index contributed by atoms with van der Waals surface area (Å²) in [5.41, 5.74) is 4.22. The maximum atomic E-state index is 12.1. The van der Waals surface area contributed by atoms with Gasteiger partial charge in [0.25, 0.3) is 0 Å². The number of carbonyl (C=O) groups is 1. The Morgan fingerprint density at radius 1 is 0.889 bits per heavy atom. The first kappa shape index (κ1) is 21.2. The number of hydrogen-bond acceptors (Lipinski definition) is 3. The summed E-state index contributed by atoms with van der Waals surface area (Å²) in [7, 11) is 1.59. The van der Waals surface area contributed by atoms with E-state index < -0.39 is 0 Å². The first-order valence-electron chi connectivity index (χ1n) is 10.0. The average Bonchev–Trinajstić information content (AvgIpc) is 2.68. The van der Waals surface area contributed by atoms with Gasteiger partial charge in [-0.3, -0.25) is 0 Å². The topological polar surface area (TPSA) is 35.5 Å². The fourth-order valence-corrected chi connectivity index (χ4v) is 3.11. The smallest absolute Gasteiger partial charge is 0.338 e. The summed E-state index contributed by atoms with van der Waals surface area (Å²) in [6.45, 7) is 4.46. The lowest BCUT2D eigenvalue weighted by Gasteiger charge is -2.12. The van der Waals surface area contributed by atoms with Crippen molar-refractivity contribution in [2.75, 3.05) is 13.7 Å². The Labute approximate surface area is 163 Å². The van der Waals surface area contributed by atoms with Crippen LogP contribution in [0.25, 0.3) is 11.1 Å². The Hall–Kier alpha value is -2.13. The standard InChI is InChI=1S/C24H32O3/c1-4-5-6-7-8-9-20-10-12-21(13-11-20)22-14-16-23(17-15-22)24(25)27-19(2)18-26-3/h10-17,19H,4-9,18H2,1-3H3. The van der Waals surface area contributed by atoms with Gasteiger partial charge in [-0.15, -0.1) is 0 Å². The summed E-state index contributed by atoms with van der Waals surface area (Å²) < 4.78 is 10.3. The van der Waals surface area contributed by atoms with Gasteiger partial charge in [-0.05, 0) is 48.6 Å². The van der Waals surface area contributed by atoms with E-state index in [1.165, 1.54) is 37.7 Å². The van der Waals surface area contributed by atoms with Gasteiger partial charge in [0.1, 0.15) is 6.10 Å². The molecule has 2 aromatic carbocycles. The Kier molecular flexibility index (Phi) is 9.06. The van der Waals surface area contributed by atoms with Crippen LogP contribution in [0.2, 0.25) is 0 Å². The second-order valence-corrected chi connectivity index (χ2v) is 7.11. The van der Waals surface area contributed by atoms with Crippen molar-refractivity contribution in [3.8, 4) is 11.1 Å². The minimum atomic E-state index is -0.315. The van der Waals surface area contributed by atoms with Crippen molar-refractivity contribution in [2.45, 2.75) is 58.5 Å². The van der Waals surface area contributed by atoms with Crippen molar-refractivity contribution >= 4 is 5.97 Å². The molecule has 0 aliphatic rings. The average molecular weight is 369 g/mol. The van der Waals surface area contributed by atoms with Gasteiger partial charge < -0.3 is 9.47 Å². The van der Waals surface area contributed by atoms with E-state index in [0.29, 0.717) is 12.2 Å². The molecule has 0 radical (unpaired) electrons. The highest BCUT2D eigenvalue weighted by Gasteiger charge is 2.12. The quantitative estimate of drug-likeness (QED) is 0.357. The number of methoxy groups -OCH3 is 1. The van der Waals surface area contributed by atoms with E-state index >= 15 is 0 Å². The molecule has 0 aliphatic carbocycles. The molecule has 0 saturated heterocycles. The molecule has 0 heterocycles. The summed E-state index contributed by atoms with van der Waals surface area (Å²) in [6.07, 6.45) is 7.44. The Balaban J connectivity index is 1.89. The van der Waals surface area contributed by atoms with Crippen LogP contribution in [0.4, 0.5) is 0 Å². The van der Waals surface area contributed by atoms with Crippen LogP contribution in [0.1, 0.15) is 61.9 Å². The van der Waals surface area contributed by atoms with E-state index in [0.717, 1.165) is 17.5 Å². The zero-order valence-electron chi connectivity index (χ0n) is 16.9. The summed E-state index contributed by atoms with van der Waals surface area (Å²) in [6, 6.07) is 16.3. The minimum Gasteiger partial charge on any atom is -0.457 e. The Bertz CT molecular complexity index is 674. The lowest BCUT2D eigenvalue weighted by molar-refractivity contribution is 0.0120. The van der Waals surface area contributed by atoms with Crippen molar-refractivity contribution < 1.29 is 14.3 Å². The lowest BCUT2D eigenvalue weighted by Crippen LogP contribution is -2.19. The zero-order valence-corrected chi connectivity index (χ0v) is 16.9. The van der Waals surface area contributed by atoms with Gasteiger partial charge in [0.15, 0.2) is 0 Å². The highest BCUT2D eigenvalue weighted by atomic mass is 16.6. The number of hydrogen-bond donors (Lipinski definition) is 0. The molecule has 2 aromatic rings. The molecule has 0 amide bonds. The number of unbranched alkanes of at least 4 members (excludes halogenated alkanes) is 4. The maximum Gasteiger partial charge on any atom is 0.338 e. The van der Waals surface area contributed by atoms with Crippen molar-refractivity contribution in [3.05, 3.63) is 59.7 Å². The predicted octanol–water partition coefficient (Wildman–Crippen LogP) is 6.06. The first-order valence-corrected chi connectivity index (χ1v) is 10.0. The maximum absolute atomic E-state index is 12.1. The van der Waals surface area contributed by atoms with Crippen LogP contribution in [0.5, 0.6) is 0 Å². The van der Waals surface area contributed by atoms with E-state index in [1.807, 2.05) is 31.2 Å². The number of esters is 1. The largest absolute Gasteiger partial charge is 0.457 e. The van der Waals surface area contributed by atoms with Gasteiger partial charge in [0.05, 0.1) is 12.2 Å². The molecular formula is C24H32O3. The Morgan fingerprint density at radius 2 is 1.48 bits per heavy atom. The second kappa shape index (κ2) is 11.6. The monoisotopic (exact) mass is 368 g/mol. The summed E-state index contributed by atoms with van der Waals surface area (Å²) >= 11 is 0. The molecule has 0 N–H and O–H groups in total. The van der Waals surface area contributed by atoms with Gasteiger partial charge in [-0.2, -0.15) is 0 Å². The normalized spacial score (nSPS) is 12.0. The van der Waals surface area contributed by atoms with Gasteiger partial charge in [0, 0.05) is 7.11 Å². The SMILES string of the molecule is CCCCCCCc1ccc(-c2ccc(C(=O)OC(C)COC)cc2)cc1. The third kappa shape index (κ3) is 7.18. The predicted molar refractivity (Wildman–Crippen MR) is 111 cm³/mol. The number of carbonyl (C=O) groups excluding carboxylic acids is 1. The third-order valence-electron chi connectivity index (χ3n) is 4.69. The molecule has 0 saturated carbocycles. The molecule has 0 aliphatic heterocycles. The van der Waals surface area contributed by atoms with Crippen LogP contribution >= 0.6 is 0 Å². The Morgan fingerprint density at radius 3 is 2.07 bits per heavy atom. The summed E-state index contributed by atoms with van der Waals surface area (Å²) in [5.74, 6) is -0.315. The lowest BCUT2D eigenvalue weighted by atomic mass is 10.00. The molecule has 0 spiro atoms. The first-order chi connectivity index (χ1) is 13.1. The summed E-state index contributed by atoms with van der Waals surface area (Å²) in [4.78, 5) is 12.1. The highest BCUT2D eigenvalue weighted by Crippen LogP contribution is 2.21. The minimum absolute atomic E-state index is 0.253. The second-order valence-electron chi connectivity index (χ2n) is 7.11. The van der Waals surface area contributed by atoms with Crippen LogP contribution in [-0.2, 0) is 15.9 Å². The molecule has 0 bridgehead atoms. The molecule has 2 rings (SSSR count). The molecule has 1 unspecified atom stereocenters. The van der Waals surface area contributed by atoms with Crippen molar-refractivity contribution in [2.24, 2.45) is 0 Å². The molecule has 0 fully saturated rings. The van der Waals surface area contributed by atoms with Crippen LogP contribution < -0.4 is 0 Å². The molecule has 146 valence electrons. The van der Waals surface area contributed by atoms with Crippen LogP contribution in [-0.4, -0.2) is 25.8 Å². The molecule has 3 nitrogen and oxygen atoms in total.